The molecule has 0 aliphatic rings. The Morgan fingerprint density at radius 1 is 0.793 bits per heavy atom. The van der Waals surface area contributed by atoms with Gasteiger partial charge in [0.2, 0.25) is 0 Å². The fourth-order valence-electron chi connectivity index (χ4n) is 3.42. The summed E-state index contributed by atoms with van der Waals surface area (Å²) >= 11 is 0. The molecule has 0 heterocycles. The molecule has 0 aliphatic carbocycles. The number of hydrogen-bond acceptors (Lipinski definition) is 3. The van der Waals surface area contributed by atoms with Gasteiger partial charge in [0, 0.05) is 6.26 Å². The highest BCUT2D eigenvalue weighted by molar-refractivity contribution is 7.90. The summed E-state index contributed by atoms with van der Waals surface area (Å²) in [4.78, 5) is 0.313. The SMILES string of the molecule is CCCC/C(=C(\c1ccccc1)c1ccc(S(C)(=O)=O)cc1)c1ccc(O)cc1. The highest BCUT2D eigenvalue weighted by Gasteiger charge is 2.15. The van der Waals surface area contributed by atoms with Crippen molar-refractivity contribution in [2.24, 2.45) is 0 Å². The molecule has 0 saturated heterocycles. The highest BCUT2D eigenvalue weighted by Crippen LogP contribution is 2.36. The van der Waals surface area contributed by atoms with Crippen molar-refractivity contribution in [3.63, 3.8) is 0 Å². The lowest BCUT2D eigenvalue weighted by Crippen LogP contribution is -1.99. The van der Waals surface area contributed by atoms with Gasteiger partial charge in [0.25, 0.3) is 0 Å². The van der Waals surface area contributed by atoms with E-state index in [-0.39, 0.29) is 5.75 Å². The Hall–Kier alpha value is -2.85. The van der Waals surface area contributed by atoms with Gasteiger partial charge in [0.05, 0.1) is 4.90 Å². The van der Waals surface area contributed by atoms with E-state index in [0.29, 0.717) is 4.90 Å². The highest BCUT2D eigenvalue weighted by atomic mass is 32.2. The van der Waals surface area contributed by atoms with Gasteiger partial charge in [-0.05, 0) is 64.9 Å². The molecule has 4 heteroatoms. The predicted molar refractivity (Wildman–Crippen MR) is 120 cm³/mol. The van der Waals surface area contributed by atoms with Crippen LogP contribution in [-0.4, -0.2) is 19.8 Å². The molecular weight excluding hydrogens is 380 g/mol. The summed E-state index contributed by atoms with van der Waals surface area (Å²) in [5.74, 6) is 0.238. The predicted octanol–water partition coefficient (Wildman–Crippen LogP) is 5.95. The smallest absolute Gasteiger partial charge is 0.175 e. The van der Waals surface area contributed by atoms with E-state index in [1.807, 2.05) is 42.5 Å². The maximum absolute atomic E-state index is 11.9. The van der Waals surface area contributed by atoms with Gasteiger partial charge in [-0.2, -0.15) is 0 Å². The Morgan fingerprint density at radius 2 is 1.34 bits per heavy atom. The quantitative estimate of drug-likeness (QED) is 0.494. The third kappa shape index (κ3) is 5.15. The number of aromatic hydroxyl groups is 1. The lowest BCUT2D eigenvalue weighted by atomic mass is 9.87. The van der Waals surface area contributed by atoms with Gasteiger partial charge in [-0.25, -0.2) is 8.42 Å². The summed E-state index contributed by atoms with van der Waals surface area (Å²) in [7, 11) is -3.25. The largest absolute Gasteiger partial charge is 0.508 e. The van der Waals surface area contributed by atoms with Gasteiger partial charge in [-0.1, -0.05) is 67.9 Å². The van der Waals surface area contributed by atoms with Crippen LogP contribution in [0.4, 0.5) is 0 Å². The monoisotopic (exact) mass is 406 g/mol. The first-order valence-corrected chi connectivity index (χ1v) is 11.7. The molecule has 0 atom stereocenters. The number of hydrogen-bond donors (Lipinski definition) is 1. The molecule has 3 aromatic carbocycles. The third-order valence-corrected chi connectivity index (χ3v) is 6.06. The molecule has 0 amide bonds. The summed E-state index contributed by atoms with van der Waals surface area (Å²) in [6.07, 6.45) is 4.21. The summed E-state index contributed by atoms with van der Waals surface area (Å²) in [5, 5.41) is 9.72. The number of rotatable bonds is 7. The van der Waals surface area contributed by atoms with Crippen molar-refractivity contribution in [1.82, 2.24) is 0 Å². The molecule has 0 unspecified atom stereocenters. The molecule has 0 bridgehead atoms. The van der Waals surface area contributed by atoms with Crippen molar-refractivity contribution in [3.05, 3.63) is 95.6 Å². The van der Waals surface area contributed by atoms with Gasteiger partial charge in [0.15, 0.2) is 9.84 Å². The van der Waals surface area contributed by atoms with Gasteiger partial charge >= 0.3 is 0 Å². The summed E-state index contributed by atoms with van der Waals surface area (Å²) < 4.78 is 23.8. The molecule has 3 nitrogen and oxygen atoms in total. The van der Waals surface area contributed by atoms with Gasteiger partial charge in [0.1, 0.15) is 5.75 Å². The van der Waals surface area contributed by atoms with E-state index in [4.69, 9.17) is 0 Å². The molecule has 29 heavy (non-hydrogen) atoms. The molecule has 0 radical (unpaired) electrons. The standard InChI is InChI=1S/C25H26O3S/c1-3-4-10-24(19-11-15-22(26)16-12-19)25(20-8-6-5-7-9-20)21-13-17-23(18-14-21)29(2,27)28/h5-9,11-18,26H,3-4,10H2,1-2H3/b25-24-. The van der Waals surface area contributed by atoms with Crippen LogP contribution in [-0.2, 0) is 9.84 Å². The van der Waals surface area contributed by atoms with Crippen LogP contribution in [0, 0.1) is 0 Å². The Kier molecular flexibility index (Phi) is 6.55. The Morgan fingerprint density at radius 3 is 1.90 bits per heavy atom. The first kappa shape index (κ1) is 20.9. The first-order valence-electron chi connectivity index (χ1n) is 9.78. The molecule has 1 N–H and O–H groups in total. The second-order valence-electron chi connectivity index (χ2n) is 7.17. The maximum Gasteiger partial charge on any atom is 0.175 e. The van der Waals surface area contributed by atoms with Gasteiger partial charge in [-0.15, -0.1) is 0 Å². The minimum absolute atomic E-state index is 0.238. The van der Waals surface area contributed by atoms with Crippen LogP contribution in [0.25, 0.3) is 11.1 Å². The van der Waals surface area contributed by atoms with Crippen molar-refractivity contribution in [1.29, 1.82) is 0 Å². The number of phenolic OH excluding ortho intramolecular Hbond substituents is 1. The van der Waals surface area contributed by atoms with Gasteiger partial charge < -0.3 is 5.11 Å². The topological polar surface area (TPSA) is 54.4 Å². The third-order valence-electron chi connectivity index (χ3n) is 4.93. The Labute approximate surface area is 173 Å². The minimum Gasteiger partial charge on any atom is -0.508 e. The second-order valence-corrected chi connectivity index (χ2v) is 9.18. The molecule has 0 aromatic heterocycles. The molecule has 0 saturated carbocycles. The Bertz CT molecular complexity index is 1080. The molecular formula is C25H26O3S. The molecule has 150 valence electrons. The first-order chi connectivity index (χ1) is 13.9. The maximum atomic E-state index is 11.9. The summed E-state index contributed by atoms with van der Waals surface area (Å²) in [6, 6.07) is 24.5. The minimum atomic E-state index is -3.25. The van der Waals surface area contributed by atoms with Crippen LogP contribution in [0.5, 0.6) is 5.75 Å². The number of benzene rings is 3. The zero-order chi connectivity index (χ0) is 20.9. The molecule has 0 fully saturated rings. The zero-order valence-corrected chi connectivity index (χ0v) is 17.6. The van der Waals surface area contributed by atoms with Crippen molar-refractivity contribution < 1.29 is 13.5 Å². The van der Waals surface area contributed by atoms with E-state index in [9.17, 15) is 13.5 Å². The van der Waals surface area contributed by atoms with Crippen LogP contribution in [0.1, 0.15) is 42.9 Å². The second kappa shape index (κ2) is 9.10. The van der Waals surface area contributed by atoms with E-state index >= 15 is 0 Å². The van der Waals surface area contributed by atoms with Crippen LogP contribution in [0.15, 0.2) is 83.8 Å². The molecule has 3 rings (SSSR count). The zero-order valence-electron chi connectivity index (χ0n) is 16.8. The van der Waals surface area contributed by atoms with E-state index < -0.39 is 9.84 Å². The summed E-state index contributed by atoms with van der Waals surface area (Å²) in [5.41, 5.74) is 5.39. The Balaban J connectivity index is 2.25. The number of allylic oxidation sites excluding steroid dienone is 1. The normalized spacial score (nSPS) is 12.5. The van der Waals surface area contributed by atoms with Crippen molar-refractivity contribution in [2.75, 3.05) is 6.26 Å². The van der Waals surface area contributed by atoms with E-state index in [2.05, 4.69) is 19.1 Å². The molecule has 3 aromatic rings. The van der Waals surface area contributed by atoms with Crippen molar-refractivity contribution in [3.8, 4) is 5.75 Å². The average molecular weight is 407 g/mol. The van der Waals surface area contributed by atoms with Crippen LogP contribution in [0.2, 0.25) is 0 Å². The van der Waals surface area contributed by atoms with E-state index in [1.165, 1.54) is 11.8 Å². The van der Waals surface area contributed by atoms with E-state index in [1.54, 1.807) is 24.3 Å². The van der Waals surface area contributed by atoms with Crippen molar-refractivity contribution in [2.45, 2.75) is 31.1 Å². The van der Waals surface area contributed by atoms with Crippen molar-refractivity contribution >= 4 is 21.0 Å². The lowest BCUT2D eigenvalue weighted by molar-refractivity contribution is 0.475. The molecule has 0 spiro atoms. The number of phenols is 1. The summed E-state index contributed by atoms with van der Waals surface area (Å²) in [6.45, 7) is 2.16. The number of sulfone groups is 1. The van der Waals surface area contributed by atoms with Crippen LogP contribution < -0.4 is 0 Å². The van der Waals surface area contributed by atoms with Gasteiger partial charge in [-0.3, -0.25) is 0 Å². The fraction of sp³-hybridized carbons (Fsp3) is 0.200. The fourth-order valence-corrected chi connectivity index (χ4v) is 4.05. The lowest BCUT2D eigenvalue weighted by Gasteiger charge is -2.18. The van der Waals surface area contributed by atoms with Crippen LogP contribution in [0.3, 0.4) is 0 Å². The van der Waals surface area contributed by atoms with Crippen LogP contribution >= 0.6 is 0 Å². The number of unbranched alkanes of at least 4 members (excludes halogenated alkanes) is 1. The average Bonchev–Trinajstić information content (AvgIpc) is 2.72. The molecule has 0 aliphatic heterocycles. The van der Waals surface area contributed by atoms with E-state index in [0.717, 1.165) is 41.5 Å².